The van der Waals surface area contributed by atoms with E-state index in [0.717, 1.165) is 0 Å². The number of para-hydroxylation sites is 1. The predicted octanol–water partition coefficient (Wildman–Crippen LogP) is 2.44. The molecule has 0 aliphatic carbocycles. The Labute approximate surface area is 143 Å². The first-order valence-corrected chi connectivity index (χ1v) is 9.16. The summed E-state index contributed by atoms with van der Waals surface area (Å²) in [5.74, 6) is -0.481. The van der Waals surface area contributed by atoms with Gasteiger partial charge in [-0.1, -0.05) is 18.2 Å². The molecule has 0 aliphatic heterocycles. The molecule has 126 valence electrons. The Morgan fingerprint density at radius 3 is 2.04 bits per heavy atom. The van der Waals surface area contributed by atoms with Crippen molar-refractivity contribution in [1.82, 2.24) is 5.32 Å². The van der Waals surface area contributed by atoms with E-state index in [4.69, 9.17) is 0 Å². The average molecular weight is 344 g/mol. The van der Waals surface area contributed by atoms with Gasteiger partial charge in [0, 0.05) is 45.7 Å². The van der Waals surface area contributed by atoms with Gasteiger partial charge in [-0.25, -0.2) is 0 Å². The van der Waals surface area contributed by atoms with Crippen LogP contribution in [0.3, 0.4) is 0 Å². The molecule has 2 atom stereocenters. The molecule has 0 unspecified atom stereocenters. The van der Waals surface area contributed by atoms with Crippen LogP contribution in [-0.4, -0.2) is 34.1 Å². The lowest BCUT2D eigenvalue weighted by molar-refractivity contribution is 0.0952. The fourth-order valence-electron chi connectivity index (χ4n) is 1.95. The molecule has 0 spiro atoms. The summed E-state index contributed by atoms with van der Waals surface area (Å²) in [6.45, 7) is 2.16. The predicted molar refractivity (Wildman–Crippen MR) is 96.7 cm³/mol. The number of hydrogen-bond acceptors (Lipinski definition) is 3. The summed E-state index contributed by atoms with van der Waals surface area (Å²) >= 11 is 0. The van der Waals surface area contributed by atoms with Crippen molar-refractivity contribution in [2.75, 3.05) is 18.1 Å². The minimum atomic E-state index is -0.980. The number of nitrogens with one attached hydrogen (secondary N) is 2. The lowest BCUT2D eigenvalue weighted by atomic mass is 10.1. The van der Waals surface area contributed by atoms with Crippen molar-refractivity contribution in [3.8, 4) is 0 Å². The molecule has 0 heterocycles. The number of rotatable bonds is 6. The van der Waals surface area contributed by atoms with Crippen molar-refractivity contribution in [2.45, 2.75) is 12.2 Å². The van der Waals surface area contributed by atoms with Crippen LogP contribution in [0, 0.1) is 0 Å². The standard InChI is InChI=1S/C18H20N2O3S/c1-13(24(2)23)12-19-17(21)14-8-10-15(11-9-14)18(22)20-16-6-4-3-5-7-16/h3-11,13H,12H2,1-2H3,(H,19,21)(H,20,22)/t13-,24+/m0/s1. The van der Waals surface area contributed by atoms with Crippen LogP contribution < -0.4 is 10.6 Å². The van der Waals surface area contributed by atoms with Gasteiger partial charge in [0.2, 0.25) is 0 Å². The van der Waals surface area contributed by atoms with E-state index >= 15 is 0 Å². The Bertz CT molecular complexity index is 730. The number of amides is 2. The molecule has 5 nitrogen and oxygen atoms in total. The summed E-state index contributed by atoms with van der Waals surface area (Å²) < 4.78 is 11.3. The molecule has 0 saturated carbocycles. The van der Waals surface area contributed by atoms with Crippen LogP contribution in [0.4, 0.5) is 5.69 Å². The van der Waals surface area contributed by atoms with E-state index in [0.29, 0.717) is 23.4 Å². The van der Waals surface area contributed by atoms with Crippen LogP contribution in [-0.2, 0) is 10.8 Å². The number of carbonyl (C=O) groups is 2. The van der Waals surface area contributed by atoms with Crippen LogP contribution in [0.15, 0.2) is 54.6 Å². The summed E-state index contributed by atoms with van der Waals surface area (Å²) in [5, 5.41) is 5.42. The summed E-state index contributed by atoms with van der Waals surface area (Å²) in [5.41, 5.74) is 1.64. The fourth-order valence-corrected chi connectivity index (χ4v) is 2.27. The highest BCUT2D eigenvalue weighted by molar-refractivity contribution is 7.84. The van der Waals surface area contributed by atoms with Crippen molar-refractivity contribution in [2.24, 2.45) is 0 Å². The molecule has 0 fully saturated rings. The normalized spacial score (nSPS) is 12.9. The molecule has 0 bridgehead atoms. The van der Waals surface area contributed by atoms with E-state index in [9.17, 15) is 13.8 Å². The topological polar surface area (TPSA) is 75.3 Å². The van der Waals surface area contributed by atoms with Gasteiger partial charge >= 0.3 is 0 Å². The van der Waals surface area contributed by atoms with E-state index in [1.54, 1.807) is 42.7 Å². The molecule has 0 radical (unpaired) electrons. The van der Waals surface area contributed by atoms with Crippen molar-refractivity contribution in [3.05, 3.63) is 65.7 Å². The van der Waals surface area contributed by atoms with Gasteiger partial charge in [-0.15, -0.1) is 0 Å². The lowest BCUT2D eigenvalue weighted by Crippen LogP contribution is -2.32. The van der Waals surface area contributed by atoms with Crippen molar-refractivity contribution in [3.63, 3.8) is 0 Å². The quantitative estimate of drug-likeness (QED) is 0.845. The molecule has 0 aromatic heterocycles. The smallest absolute Gasteiger partial charge is 0.255 e. The van der Waals surface area contributed by atoms with Gasteiger partial charge in [-0.3, -0.25) is 13.8 Å². The van der Waals surface area contributed by atoms with Gasteiger partial charge in [0.1, 0.15) is 0 Å². The van der Waals surface area contributed by atoms with Crippen LogP contribution in [0.1, 0.15) is 27.6 Å². The Morgan fingerprint density at radius 1 is 0.958 bits per heavy atom. The zero-order valence-corrected chi connectivity index (χ0v) is 14.4. The van der Waals surface area contributed by atoms with Crippen LogP contribution in [0.2, 0.25) is 0 Å². The maximum atomic E-state index is 12.1. The second-order valence-corrected chi connectivity index (χ2v) is 7.22. The Morgan fingerprint density at radius 2 is 1.50 bits per heavy atom. The third-order valence-corrected chi connectivity index (χ3v) is 4.86. The van der Waals surface area contributed by atoms with E-state index in [1.165, 1.54) is 0 Å². The minimum absolute atomic E-state index is 0.107. The SMILES string of the molecule is C[C@@H](CNC(=O)c1ccc(C(=O)Nc2ccccc2)cc1)[S@@](C)=O. The maximum absolute atomic E-state index is 12.1. The lowest BCUT2D eigenvalue weighted by Gasteiger charge is -2.10. The third-order valence-electron chi connectivity index (χ3n) is 3.56. The number of benzene rings is 2. The summed E-state index contributed by atoms with van der Waals surface area (Å²) in [6, 6.07) is 15.6. The van der Waals surface area contributed by atoms with E-state index in [2.05, 4.69) is 10.6 Å². The first kappa shape index (κ1) is 17.9. The summed E-state index contributed by atoms with van der Waals surface area (Å²) in [6.07, 6.45) is 1.61. The molecule has 24 heavy (non-hydrogen) atoms. The van der Waals surface area contributed by atoms with Gasteiger partial charge in [0.25, 0.3) is 11.8 Å². The van der Waals surface area contributed by atoms with Crippen molar-refractivity contribution < 1.29 is 13.8 Å². The van der Waals surface area contributed by atoms with Gasteiger partial charge in [-0.2, -0.15) is 0 Å². The first-order chi connectivity index (χ1) is 11.5. The summed E-state index contributed by atoms with van der Waals surface area (Å²) in [4.78, 5) is 24.2. The van der Waals surface area contributed by atoms with E-state index < -0.39 is 10.8 Å². The molecular formula is C18H20N2O3S. The van der Waals surface area contributed by atoms with Crippen LogP contribution in [0.25, 0.3) is 0 Å². The highest BCUT2D eigenvalue weighted by Crippen LogP contribution is 2.10. The zero-order chi connectivity index (χ0) is 17.5. The minimum Gasteiger partial charge on any atom is -0.351 e. The second kappa shape index (κ2) is 8.40. The molecule has 2 rings (SSSR count). The maximum Gasteiger partial charge on any atom is 0.255 e. The summed E-state index contributed by atoms with van der Waals surface area (Å²) in [7, 11) is -0.980. The average Bonchev–Trinajstić information content (AvgIpc) is 2.60. The number of anilines is 1. The van der Waals surface area contributed by atoms with Crippen LogP contribution in [0.5, 0.6) is 0 Å². The van der Waals surface area contributed by atoms with Crippen molar-refractivity contribution in [1.29, 1.82) is 0 Å². The Balaban J connectivity index is 1.96. The zero-order valence-electron chi connectivity index (χ0n) is 13.6. The largest absolute Gasteiger partial charge is 0.351 e. The number of carbonyl (C=O) groups excluding carboxylic acids is 2. The van der Waals surface area contributed by atoms with Gasteiger partial charge in [-0.05, 0) is 43.3 Å². The van der Waals surface area contributed by atoms with Crippen molar-refractivity contribution >= 4 is 28.3 Å². The Kier molecular flexibility index (Phi) is 6.26. The van der Waals surface area contributed by atoms with E-state index in [1.807, 2.05) is 25.1 Å². The molecule has 2 amide bonds. The molecular weight excluding hydrogens is 324 g/mol. The van der Waals surface area contributed by atoms with Gasteiger partial charge in [0.05, 0.1) is 0 Å². The fraction of sp³-hybridized carbons (Fsp3) is 0.222. The molecule has 0 aliphatic rings. The molecule has 2 aromatic carbocycles. The highest BCUT2D eigenvalue weighted by atomic mass is 32.2. The third kappa shape index (κ3) is 5.03. The first-order valence-electron chi connectivity index (χ1n) is 7.54. The van der Waals surface area contributed by atoms with Gasteiger partial charge in [0.15, 0.2) is 0 Å². The van der Waals surface area contributed by atoms with E-state index in [-0.39, 0.29) is 17.1 Å². The monoisotopic (exact) mass is 344 g/mol. The molecule has 2 aromatic rings. The second-order valence-electron chi connectivity index (χ2n) is 5.42. The number of hydrogen-bond donors (Lipinski definition) is 2. The van der Waals surface area contributed by atoms with Gasteiger partial charge < -0.3 is 10.6 Å². The molecule has 6 heteroatoms. The molecule has 2 N–H and O–H groups in total. The Hall–Kier alpha value is -2.47. The molecule has 0 saturated heterocycles. The highest BCUT2D eigenvalue weighted by Gasteiger charge is 2.11. The van der Waals surface area contributed by atoms with Crippen LogP contribution >= 0.6 is 0 Å².